The van der Waals surface area contributed by atoms with Crippen molar-refractivity contribution in [3.8, 4) is 0 Å². The summed E-state index contributed by atoms with van der Waals surface area (Å²) in [7, 11) is 1.53. The van der Waals surface area contributed by atoms with Gasteiger partial charge < -0.3 is 10.6 Å². The van der Waals surface area contributed by atoms with Gasteiger partial charge in [0.05, 0.1) is 6.54 Å². The summed E-state index contributed by atoms with van der Waals surface area (Å²) in [6.45, 7) is -0.265. The molecule has 1 aromatic carbocycles. The number of alkyl halides is 2. The van der Waals surface area contributed by atoms with Crippen LogP contribution in [0.3, 0.4) is 0 Å². The molecule has 0 saturated heterocycles. The second kappa shape index (κ2) is 5.02. The lowest BCUT2D eigenvalue weighted by atomic mass is 10.1. The number of benzene rings is 1. The van der Waals surface area contributed by atoms with Crippen molar-refractivity contribution >= 4 is 5.69 Å². The molecular formula is C10H13F3N2. The van der Waals surface area contributed by atoms with Crippen LogP contribution < -0.4 is 10.6 Å². The van der Waals surface area contributed by atoms with Crippen molar-refractivity contribution in [1.82, 2.24) is 0 Å². The van der Waals surface area contributed by atoms with Crippen LogP contribution in [-0.4, -0.2) is 20.0 Å². The maximum atomic E-state index is 12.8. The number of hydrogen-bond acceptors (Lipinski definition) is 2. The van der Waals surface area contributed by atoms with E-state index in [1.165, 1.54) is 30.1 Å². The van der Waals surface area contributed by atoms with Gasteiger partial charge in [0.15, 0.2) is 0 Å². The zero-order valence-electron chi connectivity index (χ0n) is 8.38. The molecule has 2 nitrogen and oxygen atoms in total. The second-order valence-electron chi connectivity index (χ2n) is 3.25. The lowest BCUT2D eigenvalue weighted by molar-refractivity contribution is 0.156. The molecule has 0 atom stereocenters. The van der Waals surface area contributed by atoms with Crippen LogP contribution in [0.1, 0.15) is 5.56 Å². The van der Waals surface area contributed by atoms with Crippen LogP contribution in [-0.2, 0) is 6.54 Å². The number of rotatable bonds is 4. The Hall–Kier alpha value is -1.23. The van der Waals surface area contributed by atoms with Gasteiger partial charge in [0, 0.05) is 19.3 Å². The molecule has 0 spiro atoms. The fraction of sp³-hybridized carbons (Fsp3) is 0.400. The Bertz CT molecular complexity index is 328. The minimum atomic E-state index is -2.43. The maximum Gasteiger partial charge on any atom is 0.255 e. The maximum absolute atomic E-state index is 12.8. The first-order chi connectivity index (χ1) is 7.04. The summed E-state index contributed by atoms with van der Waals surface area (Å²) >= 11 is 0. The number of nitrogens with zero attached hydrogens (tertiary/aromatic N) is 1. The third-order valence-electron chi connectivity index (χ3n) is 2.08. The molecule has 0 radical (unpaired) electrons. The highest BCUT2D eigenvalue weighted by Gasteiger charge is 2.11. The first kappa shape index (κ1) is 11.8. The molecule has 0 saturated carbocycles. The van der Waals surface area contributed by atoms with Gasteiger partial charge in [-0.3, -0.25) is 0 Å². The number of anilines is 1. The van der Waals surface area contributed by atoms with Gasteiger partial charge in [0.2, 0.25) is 0 Å². The number of halogens is 3. The SMILES string of the molecule is CN(CC(F)F)c1ccc(F)cc1CN. The highest BCUT2D eigenvalue weighted by molar-refractivity contribution is 5.53. The minimum Gasteiger partial charge on any atom is -0.369 e. The lowest BCUT2D eigenvalue weighted by Crippen LogP contribution is -2.25. The molecular weight excluding hydrogens is 205 g/mol. The summed E-state index contributed by atoms with van der Waals surface area (Å²) in [6, 6.07) is 3.95. The Balaban J connectivity index is 2.92. The Morgan fingerprint density at radius 1 is 1.40 bits per heavy atom. The number of hydrogen-bond donors (Lipinski definition) is 1. The van der Waals surface area contributed by atoms with Gasteiger partial charge in [-0.05, 0) is 23.8 Å². The summed E-state index contributed by atoms with van der Waals surface area (Å²) in [4.78, 5) is 1.37. The molecule has 5 heteroatoms. The molecule has 15 heavy (non-hydrogen) atoms. The smallest absolute Gasteiger partial charge is 0.255 e. The van der Waals surface area contributed by atoms with Gasteiger partial charge in [0.25, 0.3) is 6.43 Å². The summed E-state index contributed by atoms with van der Waals surface area (Å²) < 4.78 is 37.1. The number of nitrogens with two attached hydrogens (primary N) is 1. The van der Waals surface area contributed by atoms with Gasteiger partial charge in [-0.25, -0.2) is 13.2 Å². The predicted molar refractivity (Wildman–Crippen MR) is 53.6 cm³/mol. The van der Waals surface area contributed by atoms with Crippen molar-refractivity contribution in [2.75, 3.05) is 18.5 Å². The van der Waals surface area contributed by atoms with Crippen molar-refractivity contribution in [1.29, 1.82) is 0 Å². The molecule has 0 amide bonds. The summed E-state index contributed by atoms with van der Waals surface area (Å²) in [6.07, 6.45) is -2.43. The van der Waals surface area contributed by atoms with E-state index in [-0.39, 0.29) is 6.54 Å². The Morgan fingerprint density at radius 3 is 2.60 bits per heavy atom. The monoisotopic (exact) mass is 218 g/mol. The zero-order valence-corrected chi connectivity index (χ0v) is 8.38. The summed E-state index contributed by atoms with van der Waals surface area (Å²) in [5, 5.41) is 0. The molecule has 84 valence electrons. The van der Waals surface area contributed by atoms with Crippen LogP contribution in [0.2, 0.25) is 0 Å². The van der Waals surface area contributed by atoms with E-state index in [1.54, 1.807) is 0 Å². The van der Waals surface area contributed by atoms with E-state index < -0.39 is 18.8 Å². The van der Waals surface area contributed by atoms with Crippen LogP contribution in [0.15, 0.2) is 18.2 Å². The zero-order chi connectivity index (χ0) is 11.4. The molecule has 0 aliphatic carbocycles. The topological polar surface area (TPSA) is 29.3 Å². The first-order valence-corrected chi connectivity index (χ1v) is 4.52. The predicted octanol–water partition coefficient (Wildman–Crippen LogP) is 1.99. The normalized spacial score (nSPS) is 10.8. The quantitative estimate of drug-likeness (QED) is 0.837. The Morgan fingerprint density at radius 2 is 2.07 bits per heavy atom. The average Bonchev–Trinajstić information content (AvgIpc) is 2.16. The van der Waals surface area contributed by atoms with Crippen molar-refractivity contribution in [2.24, 2.45) is 5.73 Å². The van der Waals surface area contributed by atoms with Gasteiger partial charge in [0.1, 0.15) is 5.82 Å². The van der Waals surface area contributed by atoms with Crippen LogP contribution in [0, 0.1) is 5.82 Å². The first-order valence-electron chi connectivity index (χ1n) is 4.52. The average molecular weight is 218 g/mol. The third kappa shape index (κ3) is 3.13. The van der Waals surface area contributed by atoms with Crippen LogP contribution in [0.5, 0.6) is 0 Å². The van der Waals surface area contributed by atoms with E-state index in [4.69, 9.17) is 5.73 Å². The molecule has 0 fully saturated rings. The van der Waals surface area contributed by atoms with Crippen molar-refractivity contribution in [2.45, 2.75) is 13.0 Å². The van der Waals surface area contributed by atoms with E-state index in [9.17, 15) is 13.2 Å². The van der Waals surface area contributed by atoms with Crippen LogP contribution >= 0.6 is 0 Å². The van der Waals surface area contributed by atoms with E-state index in [0.29, 0.717) is 11.3 Å². The molecule has 0 aliphatic heterocycles. The lowest BCUT2D eigenvalue weighted by Gasteiger charge is -2.21. The molecule has 2 N–H and O–H groups in total. The molecule has 1 aromatic rings. The van der Waals surface area contributed by atoms with Crippen molar-refractivity contribution in [3.05, 3.63) is 29.6 Å². The Kier molecular flexibility index (Phi) is 3.96. The van der Waals surface area contributed by atoms with E-state index in [1.807, 2.05) is 0 Å². The van der Waals surface area contributed by atoms with Crippen LogP contribution in [0.25, 0.3) is 0 Å². The van der Waals surface area contributed by atoms with Gasteiger partial charge in [-0.1, -0.05) is 0 Å². The molecule has 0 aliphatic rings. The highest BCUT2D eigenvalue weighted by atomic mass is 19.3. The van der Waals surface area contributed by atoms with Crippen LogP contribution in [0.4, 0.5) is 18.9 Å². The third-order valence-corrected chi connectivity index (χ3v) is 2.08. The van der Waals surface area contributed by atoms with E-state index >= 15 is 0 Å². The van der Waals surface area contributed by atoms with Gasteiger partial charge >= 0.3 is 0 Å². The fourth-order valence-corrected chi connectivity index (χ4v) is 1.40. The second-order valence-corrected chi connectivity index (χ2v) is 3.25. The molecule has 0 heterocycles. The standard InChI is InChI=1S/C10H13F3N2/c1-15(6-10(12)13)9-3-2-8(11)4-7(9)5-14/h2-4,10H,5-6,14H2,1H3. The van der Waals surface area contributed by atoms with Gasteiger partial charge in [-0.15, -0.1) is 0 Å². The summed E-state index contributed by atoms with van der Waals surface area (Å²) in [5.41, 5.74) is 6.47. The molecule has 0 unspecified atom stereocenters. The van der Waals surface area contributed by atoms with Crippen molar-refractivity contribution < 1.29 is 13.2 Å². The largest absolute Gasteiger partial charge is 0.369 e. The molecule has 1 rings (SSSR count). The fourth-order valence-electron chi connectivity index (χ4n) is 1.40. The Labute approximate surface area is 86.5 Å². The van der Waals surface area contributed by atoms with Crippen molar-refractivity contribution in [3.63, 3.8) is 0 Å². The molecule has 0 aromatic heterocycles. The highest BCUT2D eigenvalue weighted by Crippen LogP contribution is 2.20. The van der Waals surface area contributed by atoms with Gasteiger partial charge in [-0.2, -0.15) is 0 Å². The van der Waals surface area contributed by atoms with E-state index in [2.05, 4.69) is 0 Å². The molecule has 0 bridgehead atoms. The summed E-state index contributed by atoms with van der Waals surface area (Å²) in [5.74, 6) is -0.412. The minimum absolute atomic E-state index is 0.126. The van der Waals surface area contributed by atoms with E-state index in [0.717, 1.165) is 0 Å².